The maximum Gasteiger partial charge on any atom is 0.356 e. The van der Waals surface area contributed by atoms with Gasteiger partial charge in [0.15, 0.2) is 5.69 Å². The Hall–Kier alpha value is -3.86. The Kier molecular flexibility index (Phi) is 4.41. The van der Waals surface area contributed by atoms with Crippen LogP contribution in [0.1, 0.15) is 10.5 Å². The highest BCUT2D eigenvalue weighted by Crippen LogP contribution is 2.28. The summed E-state index contributed by atoms with van der Waals surface area (Å²) in [6.07, 6.45) is 0. The molecule has 0 aliphatic carbocycles. The van der Waals surface area contributed by atoms with Crippen LogP contribution in [0, 0.1) is 0 Å². The zero-order valence-electron chi connectivity index (χ0n) is 14.3. The molecule has 0 atom stereocenters. The molecule has 1 aromatic heterocycles. The van der Waals surface area contributed by atoms with Gasteiger partial charge in [0, 0.05) is 5.56 Å². The molecule has 4 rings (SSSR count). The molecule has 27 heavy (non-hydrogen) atoms. The van der Waals surface area contributed by atoms with Crippen LogP contribution in [0.3, 0.4) is 0 Å². The van der Waals surface area contributed by atoms with Crippen molar-refractivity contribution < 1.29 is 14.6 Å². The summed E-state index contributed by atoms with van der Waals surface area (Å²) >= 11 is 0. The second-order valence-corrected chi connectivity index (χ2v) is 5.91. The number of nitrogens with zero attached hydrogens (tertiary/aromatic N) is 2. The first-order valence-corrected chi connectivity index (χ1v) is 8.43. The fourth-order valence-corrected chi connectivity index (χ4v) is 2.78. The van der Waals surface area contributed by atoms with Gasteiger partial charge < -0.3 is 9.84 Å². The first kappa shape index (κ1) is 16.6. The van der Waals surface area contributed by atoms with E-state index in [1.54, 1.807) is 10.7 Å². The van der Waals surface area contributed by atoms with Gasteiger partial charge in [-0.3, -0.25) is 0 Å². The lowest BCUT2D eigenvalue weighted by atomic mass is 10.1. The third-order valence-electron chi connectivity index (χ3n) is 4.06. The molecule has 0 aliphatic rings. The molecule has 0 bridgehead atoms. The van der Waals surface area contributed by atoms with Crippen molar-refractivity contribution in [1.82, 2.24) is 9.78 Å². The lowest BCUT2D eigenvalue weighted by Gasteiger charge is -2.09. The Morgan fingerprint density at radius 2 is 1.41 bits per heavy atom. The van der Waals surface area contributed by atoms with E-state index in [0.717, 1.165) is 17.0 Å². The number of ether oxygens (including phenoxy) is 1. The Balaban J connectivity index is 1.69. The van der Waals surface area contributed by atoms with Crippen LogP contribution < -0.4 is 4.74 Å². The fraction of sp³-hybridized carbons (Fsp3) is 0. The number of carbonyl (C=O) groups is 1. The highest BCUT2D eigenvalue weighted by Gasteiger charge is 2.16. The van der Waals surface area contributed by atoms with Crippen LogP contribution in [0.5, 0.6) is 11.5 Å². The monoisotopic (exact) mass is 356 g/mol. The lowest BCUT2D eigenvalue weighted by Crippen LogP contribution is -2.02. The van der Waals surface area contributed by atoms with Crippen LogP contribution in [0.4, 0.5) is 0 Å². The van der Waals surface area contributed by atoms with Gasteiger partial charge in [0.2, 0.25) is 0 Å². The minimum absolute atomic E-state index is 0.00142. The molecule has 0 amide bonds. The molecule has 0 aliphatic heterocycles. The zero-order valence-corrected chi connectivity index (χ0v) is 14.3. The molecule has 0 spiro atoms. The normalized spacial score (nSPS) is 10.5. The van der Waals surface area contributed by atoms with Crippen molar-refractivity contribution in [3.05, 3.63) is 96.7 Å². The van der Waals surface area contributed by atoms with Crippen LogP contribution in [0.15, 0.2) is 91.0 Å². The van der Waals surface area contributed by atoms with E-state index in [0.29, 0.717) is 11.4 Å². The summed E-state index contributed by atoms with van der Waals surface area (Å²) in [4.78, 5) is 11.4. The summed E-state index contributed by atoms with van der Waals surface area (Å²) in [6.45, 7) is 0. The van der Waals surface area contributed by atoms with Gasteiger partial charge in [0.05, 0.1) is 11.4 Å². The number of hydrogen-bond acceptors (Lipinski definition) is 3. The van der Waals surface area contributed by atoms with E-state index in [4.69, 9.17) is 4.74 Å². The van der Waals surface area contributed by atoms with E-state index in [1.807, 2.05) is 84.9 Å². The molecule has 0 saturated carbocycles. The molecule has 3 aromatic carbocycles. The van der Waals surface area contributed by atoms with Gasteiger partial charge in [0.1, 0.15) is 11.5 Å². The van der Waals surface area contributed by atoms with Crippen molar-refractivity contribution in [1.29, 1.82) is 0 Å². The van der Waals surface area contributed by atoms with Gasteiger partial charge in [-0.2, -0.15) is 5.10 Å². The van der Waals surface area contributed by atoms with Gasteiger partial charge in [-0.1, -0.05) is 36.4 Å². The number of carboxylic acid groups (broad SMARTS) is 1. The summed E-state index contributed by atoms with van der Waals surface area (Å²) in [6, 6.07) is 28.0. The van der Waals surface area contributed by atoms with Crippen LogP contribution >= 0.6 is 0 Å². The van der Waals surface area contributed by atoms with Crippen LogP contribution in [-0.2, 0) is 0 Å². The van der Waals surface area contributed by atoms with E-state index >= 15 is 0 Å². The highest BCUT2D eigenvalue weighted by molar-refractivity contribution is 5.87. The quantitative estimate of drug-likeness (QED) is 0.545. The summed E-state index contributed by atoms with van der Waals surface area (Å²) < 4.78 is 7.45. The van der Waals surface area contributed by atoms with Crippen molar-refractivity contribution >= 4 is 5.97 Å². The number of rotatable bonds is 5. The predicted octanol–water partition coefficient (Wildman–Crippen LogP) is 5.03. The number of para-hydroxylation sites is 2. The molecule has 4 aromatic rings. The summed E-state index contributed by atoms with van der Waals surface area (Å²) in [7, 11) is 0. The number of aromatic nitrogens is 2. The van der Waals surface area contributed by atoms with Gasteiger partial charge in [-0.05, 0) is 54.6 Å². The van der Waals surface area contributed by atoms with Crippen molar-refractivity contribution in [2.75, 3.05) is 0 Å². The number of carboxylic acids is 1. The van der Waals surface area contributed by atoms with E-state index in [-0.39, 0.29) is 5.69 Å². The first-order chi connectivity index (χ1) is 13.2. The molecular formula is C22H16N2O3. The third-order valence-corrected chi connectivity index (χ3v) is 4.06. The van der Waals surface area contributed by atoms with Crippen molar-refractivity contribution in [2.45, 2.75) is 0 Å². The Morgan fingerprint density at radius 3 is 2.04 bits per heavy atom. The second-order valence-electron chi connectivity index (χ2n) is 5.91. The number of aromatic carboxylic acids is 1. The molecule has 0 unspecified atom stereocenters. The SMILES string of the molecule is O=C(O)c1cc(-c2ccc(Oc3ccccc3)cc2)n(-c2ccccc2)n1. The molecule has 0 radical (unpaired) electrons. The summed E-state index contributed by atoms with van der Waals surface area (Å²) in [5.41, 5.74) is 2.34. The third kappa shape index (κ3) is 3.57. The van der Waals surface area contributed by atoms with E-state index in [2.05, 4.69) is 5.10 Å². The van der Waals surface area contributed by atoms with Gasteiger partial charge in [-0.25, -0.2) is 9.48 Å². The smallest absolute Gasteiger partial charge is 0.356 e. The fourth-order valence-electron chi connectivity index (χ4n) is 2.78. The molecule has 5 heteroatoms. The Morgan fingerprint density at radius 1 is 0.815 bits per heavy atom. The minimum Gasteiger partial charge on any atom is -0.476 e. The minimum atomic E-state index is -1.06. The number of benzene rings is 3. The summed E-state index contributed by atoms with van der Waals surface area (Å²) in [5.74, 6) is 0.400. The summed E-state index contributed by atoms with van der Waals surface area (Å²) in [5, 5.41) is 13.6. The standard InChI is InChI=1S/C22H16N2O3/c25-22(26)20-15-21(24(23-20)17-7-3-1-4-8-17)16-11-13-19(14-12-16)27-18-9-5-2-6-10-18/h1-15H,(H,25,26). The largest absolute Gasteiger partial charge is 0.476 e. The van der Waals surface area contributed by atoms with Gasteiger partial charge >= 0.3 is 5.97 Å². The maximum atomic E-state index is 11.4. The van der Waals surface area contributed by atoms with E-state index < -0.39 is 5.97 Å². The second kappa shape index (κ2) is 7.17. The predicted molar refractivity (Wildman–Crippen MR) is 102 cm³/mol. The van der Waals surface area contributed by atoms with Crippen LogP contribution in [0.25, 0.3) is 16.9 Å². The van der Waals surface area contributed by atoms with E-state index in [9.17, 15) is 9.90 Å². The van der Waals surface area contributed by atoms with Crippen molar-refractivity contribution in [3.63, 3.8) is 0 Å². The van der Waals surface area contributed by atoms with Crippen molar-refractivity contribution in [3.8, 4) is 28.4 Å². The molecule has 1 N–H and O–H groups in total. The Bertz CT molecular complexity index is 1060. The van der Waals surface area contributed by atoms with Crippen LogP contribution in [-0.4, -0.2) is 20.9 Å². The lowest BCUT2D eigenvalue weighted by molar-refractivity contribution is 0.0690. The molecule has 132 valence electrons. The average Bonchev–Trinajstić information content (AvgIpc) is 3.16. The Labute approximate surface area is 156 Å². The van der Waals surface area contributed by atoms with Crippen molar-refractivity contribution in [2.24, 2.45) is 0 Å². The van der Waals surface area contributed by atoms with Gasteiger partial charge in [-0.15, -0.1) is 0 Å². The maximum absolute atomic E-state index is 11.4. The number of hydrogen-bond donors (Lipinski definition) is 1. The van der Waals surface area contributed by atoms with Gasteiger partial charge in [0.25, 0.3) is 0 Å². The molecule has 1 heterocycles. The topological polar surface area (TPSA) is 64.3 Å². The van der Waals surface area contributed by atoms with Crippen LogP contribution in [0.2, 0.25) is 0 Å². The molecule has 5 nitrogen and oxygen atoms in total. The molecule has 0 saturated heterocycles. The first-order valence-electron chi connectivity index (χ1n) is 8.43. The average molecular weight is 356 g/mol. The zero-order chi connectivity index (χ0) is 18.6. The van der Waals surface area contributed by atoms with E-state index in [1.165, 1.54) is 0 Å². The molecular weight excluding hydrogens is 340 g/mol. The molecule has 0 fully saturated rings. The highest BCUT2D eigenvalue weighted by atomic mass is 16.5.